The van der Waals surface area contributed by atoms with Crippen molar-refractivity contribution in [2.75, 3.05) is 52.1 Å². The number of ether oxygens (including phenoxy) is 1. The predicted molar refractivity (Wildman–Crippen MR) is 80.3 cm³/mol. The number of likely N-dealkylation sites (N-methyl/N-ethyl adjacent to an activating group) is 1. The summed E-state index contributed by atoms with van der Waals surface area (Å²) in [6, 6.07) is 5.28. The summed E-state index contributed by atoms with van der Waals surface area (Å²) in [5.41, 5.74) is 7.08. The number of anilines is 1. The molecule has 1 aliphatic heterocycles. The summed E-state index contributed by atoms with van der Waals surface area (Å²) in [4.78, 5) is 16.7. The van der Waals surface area contributed by atoms with Gasteiger partial charge in [0.25, 0.3) is 0 Å². The molecule has 2 rings (SSSR count). The molecule has 5 heteroatoms. The van der Waals surface area contributed by atoms with E-state index < -0.39 is 0 Å². The van der Waals surface area contributed by atoms with Gasteiger partial charge in [-0.15, -0.1) is 0 Å². The van der Waals surface area contributed by atoms with Gasteiger partial charge in [0.2, 0.25) is 0 Å². The highest BCUT2D eigenvalue weighted by atomic mass is 16.5. The van der Waals surface area contributed by atoms with Gasteiger partial charge in [0.15, 0.2) is 5.78 Å². The molecule has 0 bridgehead atoms. The molecule has 0 unspecified atom stereocenters. The van der Waals surface area contributed by atoms with Crippen molar-refractivity contribution in [3.8, 4) is 5.75 Å². The smallest absolute Gasteiger partial charge is 0.176 e. The fourth-order valence-electron chi connectivity index (χ4n) is 2.31. The molecule has 1 fully saturated rings. The monoisotopic (exact) mass is 277 g/mol. The fourth-order valence-corrected chi connectivity index (χ4v) is 2.31. The Morgan fingerprint density at radius 2 is 2.00 bits per heavy atom. The Hall–Kier alpha value is -1.59. The number of rotatable bonds is 5. The third-order valence-corrected chi connectivity index (χ3v) is 3.59. The number of Topliss-reactive ketones (excluding diaryl/α,β-unsaturated/α-hetero) is 1. The SMILES string of the molecule is CCOc1ccc(C(=O)CN2CCN(C)CC2)cc1N. The summed E-state index contributed by atoms with van der Waals surface area (Å²) in [6.07, 6.45) is 0. The number of piperazine rings is 1. The first-order valence-corrected chi connectivity index (χ1v) is 7.06. The van der Waals surface area contributed by atoms with E-state index in [2.05, 4.69) is 16.8 Å². The zero-order valence-corrected chi connectivity index (χ0v) is 12.3. The van der Waals surface area contributed by atoms with E-state index in [0.29, 0.717) is 30.2 Å². The minimum Gasteiger partial charge on any atom is -0.492 e. The van der Waals surface area contributed by atoms with Gasteiger partial charge in [-0.2, -0.15) is 0 Å². The Kier molecular flexibility index (Phi) is 4.98. The van der Waals surface area contributed by atoms with E-state index in [0.717, 1.165) is 26.2 Å². The first-order valence-electron chi connectivity index (χ1n) is 7.06. The lowest BCUT2D eigenvalue weighted by molar-refractivity contribution is 0.0876. The van der Waals surface area contributed by atoms with Gasteiger partial charge in [0.05, 0.1) is 18.8 Å². The van der Waals surface area contributed by atoms with Gasteiger partial charge in [-0.3, -0.25) is 9.69 Å². The van der Waals surface area contributed by atoms with Crippen molar-refractivity contribution in [1.29, 1.82) is 0 Å². The van der Waals surface area contributed by atoms with Gasteiger partial charge in [0, 0.05) is 31.7 Å². The molecule has 1 aliphatic rings. The lowest BCUT2D eigenvalue weighted by Gasteiger charge is -2.31. The van der Waals surface area contributed by atoms with E-state index in [1.807, 2.05) is 6.92 Å². The van der Waals surface area contributed by atoms with Crippen LogP contribution in [0.5, 0.6) is 5.75 Å². The van der Waals surface area contributed by atoms with Gasteiger partial charge in [-0.05, 0) is 32.2 Å². The van der Waals surface area contributed by atoms with Crippen LogP contribution in [0.15, 0.2) is 18.2 Å². The van der Waals surface area contributed by atoms with Gasteiger partial charge in [-0.1, -0.05) is 0 Å². The average Bonchev–Trinajstić information content (AvgIpc) is 2.44. The molecule has 1 aromatic rings. The molecule has 0 aromatic heterocycles. The van der Waals surface area contributed by atoms with Crippen LogP contribution >= 0.6 is 0 Å². The summed E-state index contributed by atoms with van der Waals surface area (Å²) in [5, 5.41) is 0. The van der Waals surface area contributed by atoms with Crippen LogP contribution in [0.25, 0.3) is 0 Å². The van der Waals surface area contributed by atoms with Gasteiger partial charge in [-0.25, -0.2) is 0 Å². The van der Waals surface area contributed by atoms with Crippen molar-refractivity contribution >= 4 is 11.5 Å². The molecule has 2 N–H and O–H groups in total. The third-order valence-electron chi connectivity index (χ3n) is 3.59. The molecule has 0 aliphatic carbocycles. The third kappa shape index (κ3) is 3.71. The van der Waals surface area contributed by atoms with E-state index >= 15 is 0 Å². The first kappa shape index (κ1) is 14.8. The Morgan fingerprint density at radius 1 is 1.30 bits per heavy atom. The summed E-state index contributed by atoms with van der Waals surface area (Å²) in [5.74, 6) is 0.757. The zero-order chi connectivity index (χ0) is 14.5. The lowest BCUT2D eigenvalue weighted by atomic mass is 10.1. The van der Waals surface area contributed by atoms with E-state index in [1.54, 1.807) is 18.2 Å². The number of carbonyl (C=O) groups excluding carboxylic acids is 1. The minimum absolute atomic E-state index is 0.115. The first-order chi connectivity index (χ1) is 9.60. The maximum Gasteiger partial charge on any atom is 0.176 e. The van der Waals surface area contributed by atoms with Crippen LogP contribution in [0.1, 0.15) is 17.3 Å². The molecule has 0 atom stereocenters. The average molecular weight is 277 g/mol. The number of hydrogen-bond acceptors (Lipinski definition) is 5. The molecule has 1 heterocycles. The maximum atomic E-state index is 12.3. The summed E-state index contributed by atoms with van der Waals surface area (Å²) in [6.45, 7) is 6.84. The Labute approximate surface area is 120 Å². The highest BCUT2D eigenvalue weighted by Crippen LogP contribution is 2.22. The number of nitrogens with two attached hydrogens (primary N) is 1. The molecule has 20 heavy (non-hydrogen) atoms. The van der Waals surface area contributed by atoms with Crippen LogP contribution in [-0.2, 0) is 0 Å². The van der Waals surface area contributed by atoms with E-state index in [-0.39, 0.29) is 5.78 Å². The minimum atomic E-state index is 0.115. The summed E-state index contributed by atoms with van der Waals surface area (Å²) >= 11 is 0. The number of hydrogen-bond donors (Lipinski definition) is 1. The highest BCUT2D eigenvalue weighted by Gasteiger charge is 2.18. The van der Waals surface area contributed by atoms with Crippen LogP contribution in [0, 0.1) is 0 Å². The van der Waals surface area contributed by atoms with Crippen LogP contribution in [0.3, 0.4) is 0 Å². The molecule has 0 radical (unpaired) electrons. The largest absolute Gasteiger partial charge is 0.492 e. The second-order valence-corrected chi connectivity index (χ2v) is 5.19. The zero-order valence-electron chi connectivity index (χ0n) is 12.3. The Bertz CT molecular complexity index is 468. The molecule has 5 nitrogen and oxygen atoms in total. The number of ketones is 1. The topological polar surface area (TPSA) is 58.8 Å². The molecule has 1 saturated heterocycles. The van der Waals surface area contributed by atoms with Gasteiger partial charge >= 0.3 is 0 Å². The van der Waals surface area contributed by atoms with Crippen molar-refractivity contribution in [2.24, 2.45) is 0 Å². The highest BCUT2D eigenvalue weighted by molar-refractivity contribution is 5.98. The normalized spacial score (nSPS) is 17.1. The maximum absolute atomic E-state index is 12.3. The second-order valence-electron chi connectivity index (χ2n) is 5.19. The Balaban J connectivity index is 1.97. The van der Waals surface area contributed by atoms with E-state index in [4.69, 9.17) is 10.5 Å². The van der Waals surface area contributed by atoms with Crippen molar-refractivity contribution in [2.45, 2.75) is 6.92 Å². The quantitative estimate of drug-likeness (QED) is 0.645. The van der Waals surface area contributed by atoms with Gasteiger partial charge < -0.3 is 15.4 Å². The Morgan fingerprint density at radius 3 is 2.60 bits per heavy atom. The van der Waals surface area contributed by atoms with E-state index in [9.17, 15) is 4.79 Å². The van der Waals surface area contributed by atoms with Crippen molar-refractivity contribution in [3.63, 3.8) is 0 Å². The molecule has 0 saturated carbocycles. The lowest BCUT2D eigenvalue weighted by Crippen LogP contribution is -2.46. The fraction of sp³-hybridized carbons (Fsp3) is 0.533. The van der Waals surface area contributed by atoms with Crippen LogP contribution in [0.4, 0.5) is 5.69 Å². The number of nitrogens with zero attached hydrogens (tertiary/aromatic N) is 2. The number of benzene rings is 1. The molecule has 1 aromatic carbocycles. The van der Waals surface area contributed by atoms with Crippen molar-refractivity contribution in [3.05, 3.63) is 23.8 Å². The van der Waals surface area contributed by atoms with Gasteiger partial charge in [0.1, 0.15) is 5.75 Å². The molecular weight excluding hydrogens is 254 g/mol. The van der Waals surface area contributed by atoms with Crippen LogP contribution in [0.2, 0.25) is 0 Å². The molecule has 110 valence electrons. The summed E-state index contributed by atoms with van der Waals surface area (Å²) < 4.78 is 5.38. The standard InChI is InChI=1S/C15H23N3O2/c1-3-20-15-5-4-12(10-13(15)16)14(19)11-18-8-6-17(2)7-9-18/h4-5,10H,3,6-9,11,16H2,1-2H3. The van der Waals surface area contributed by atoms with Crippen LogP contribution < -0.4 is 10.5 Å². The predicted octanol–water partition coefficient (Wildman–Crippen LogP) is 1.10. The summed E-state index contributed by atoms with van der Waals surface area (Å²) in [7, 11) is 2.10. The molecule has 0 amide bonds. The second kappa shape index (κ2) is 6.72. The van der Waals surface area contributed by atoms with Crippen molar-refractivity contribution in [1.82, 2.24) is 9.80 Å². The van der Waals surface area contributed by atoms with Crippen molar-refractivity contribution < 1.29 is 9.53 Å². The number of nitrogen functional groups attached to an aromatic ring is 1. The van der Waals surface area contributed by atoms with E-state index in [1.165, 1.54) is 0 Å². The molecular formula is C15H23N3O2. The van der Waals surface area contributed by atoms with Crippen LogP contribution in [-0.4, -0.2) is 62.0 Å². The number of carbonyl (C=O) groups is 1. The molecule has 0 spiro atoms.